The Morgan fingerprint density at radius 1 is 1.27 bits per heavy atom. The van der Waals surface area contributed by atoms with Crippen LogP contribution in [0.15, 0.2) is 24.3 Å². The summed E-state index contributed by atoms with van der Waals surface area (Å²) in [6, 6.07) is 7.53. The molecular formula is C12H17FO2. The maximum atomic E-state index is 11.3. The summed E-state index contributed by atoms with van der Waals surface area (Å²) in [5.74, 6) is 0.0830. The summed E-state index contributed by atoms with van der Waals surface area (Å²) in [5.41, 5.74) is 1.70. The molecule has 0 N–H and O–H groups in total. The molecule has 1 rings (SSSR count). The van der Waals surface area contributed by atoms with Gasteiger partial charge in [0.25, 0.3) is 0 Å². The molecule has 0 atom stereocenters. The van der Waals surface area contributed by atoms with Gasteiger partial charge in [-0.15, -0.1) is 0 Å². The van der Waals surface area contributed by atoms with Crippen LogP contribution in [0.5, 0.6) is 0 Å². The van der Waals surface area contributed by atoms with Crippen LogP contribution in [0, 0.1) is 0 Å². The van der Waals surface area contributed by atoms with Crippen molar-refractivity contribution in [2.75, 3.05) is 14.3 Å². The summed E-state index contributed by atoms with van der Waals surface area (Å²) in [4.78, 5) is 11.3. The summed E-state index contributed by atoms with van der Waals surface area (Å²) in [7, 11) is 1.90. The highest BCUT2D eigenvalue weighted by Gasteiger charge is 2.12. The zero-order valence-corrected chi connectivity index (χ0v) is 9.58. The lowest BCUT2D eigenvalue weighted by Crippen LogP contribution is -2.06. The molecule has 0 unspecified atom stereocenters. The van der Waals surface area contributed by atoms with Gasteiger partial charge in [0.05, 0.1) is 19.9 Å². The number of benzene rings is 1. The minimum Gasteiger partial charge on any atom is -0.465 e. The van der Waals surface area contributed by atoms with E-state index in [9.17, 15) is 9.18 Å². The van der Waals surface area contributed by atoms with Crippen LogP contribution in [0.4, 0.5) is 4.39 Å². The molecule has 0 saturated heterocycles. The SMILES string of the molecule is CF.COC(=O)c1ccccc1C(C)C. The Labute approximate surface area is 90.1 Å². The highest BCUT2D eigenvalue weighted by Crippen LogP contribution is 2.19. The van der Waals surface area contributed by atoms with Gasteiger partial charge >= 0.3 is 5.97 Å². The van der Waals surface area contributed by atoms with E-state index >= 15 is 0 Å². The van der Waals surface area contributed by atoms with Crippen molar-refractivity contribution in [3.63, 3.8) is 0 Å². The second-order valence-electron chi connectivity index (χ2n) is 3.23. The number of carbonyl (C=O) groups excluding carboxylic acids is 1. The first-order valence-corrected chi connectivity index (χ1v) is 4.72. The first-order valence-electron chi connectivity index (χ1n) is 4.72. The van der Waals surface area contributed by atoms with Crippen LogP contribution in [-0.2, 0) is 4.74 Å². The second kappa shape index (κ2) is 6.98. The van der Waals surface area contributed by atoms with Crippen LogP contribution in [-0.4, -0.2) is 20.3 Å². The molecular weight excluding hydrogens is 195 g/mol. The molecule has 3 heteroatoms. The minimum absolute atomic E-state index is 0.260. The fraction of sp³-hybridized carbons (Fsp3) is 0.417. The van der Waals surface area contributed by atoms with Crippen LogP contribution in [0.25, 0.3) is 0 Å². The van der Waals surface area contributed by atoms with Crippen molar-refractivity contribution in [1.82, 2.24) is 0 Å². The third kappa shape index (κ3) is 3.70. The first kappa shape index (κ1) is 13.6. The van der Waals surface area contributed by atoms with Crippen LogP contribution in [0.2, 0.25) is 0 Å². The third-order valence-corrected chi connectivity index (χ3v) is 1.99. The molecule has 0 spiro atoms. The van der Waals surface area contributed by atoms with Crippen molar-refractivity contribution >= 4 is 5.97 Å². The molecule has 0 radical (unpaired) electrons. The highest BCUT2D eigenvalue weighted by atomic mass is 19.1. The van der Waals surface area contributed by atoms with E-state index in [1.807, 2.05) is 18.2 Å². The van der Waals surface area contributed by atoms with Gasteiger partial charge in [0.2, 0.25) is 0 Å². The Morgan fingerprint density at radius 2 is 1.80 bits per heavy atom. The molecule has 0 aliphatic heterocycles. The Hall–Kier alpha value is -1.38. The van der Waals surface area contributed by atoms with Crippen molar-refractivity contribution in [2.24, 2.45) is 0 Å². The van der Waals surface area contributed by atoms with Crippen LogP contribution in [0.1, 0.15) is 35.7 Å². The quantitative estimate of drug-likeness (QED) is 0.704. The van der Waals surface area contributed by atoms with Gasteiger partial charge in [0, 0.05) is 0 Å². The maximum Gasteiger partial charge on any atom is 0.338 e. The zero-order chi connectivity index (χ0) is 11.8. The van der Waals surface area contributed by atoms with Crippen molar-refractivity contribution in [3.05, 3.63) is 35.4 Å². The first-order chi connectivity index (χ1) is 7.16. The molecule has 0 aliphatic carbocycles. The van der Waals surface area contributed by atoms with Gasteiger partial charge in [0.15, 0.2) is 0 Å². The number of alkyl halides is 1. The van der Waals surface area contributed by atoms with Gasteiger partial charge < -0.3 is 4.74 Å². The highest BCUT2D eigenvalue weighted by molar-refractivity contribution is 5.91. The number of halogens is 1. The van der Waals surface area contributed by atoms with E-state index in [1.165, 1.54) is 7.11 Å². The predicted octanol–water partition coefficient (Wildman–Crippen LogP) is 3.18. The van der Waals surface area contributed by atoms with Crippen molar-refractivity contribution in [3.8, 4) is 0 Å². The second-order valence-corrected chi connectivity index (χ2v) is 3.23. The van der Waals surface area contributed by atoms with Crippen LogP contribution >= 0.6 is 0 Å². The van der Waals surface area contributed by atoms with Gasteiger partial charge in [-0.2, -0.15) is 0 Å². The molecule has 84 valence electrons. The molecule has 1 aromatic carbocycles. The zero-order valence-electron chi connectivity index (χ0n) is 9.58. The Kier molecular flexibility index (Phi) is 6.34. The lowest BCUT2D eigenvalue weighted by Gasteiger charge is -2.09. The van der Waals surface area contributed by atoms with E-state index in [4.69, 9.17) is 0 Å². The van der Waals surface area contributed by atoms with E-state index in [0.717, 1.165) is 5.56 Å². The molecule has 15 heavy (non-hydrogen) atoms. The number of esters is 1. The molecule has 2 nitrogen and oxygen atoms in total. The van der Waals surface area contributed by atoms with Gasteiger partial charge in [-0.1, -0.05) is 32.0 Å². The molecule has 0 saturated carbocycles. The van der Waals surface area contributed by atoms with Gasteiger partial charge in [0.1, 0.15) is 0 Å². The smallest absolute Gasteiger partial charge is 0.338 e. The number of hydrogen-bond acceptors (Lipinski definition) is 2. The molecule has 0 aromatic heterocycles. The van der Waals surface area contributed by atoms with E-state index in [2.05, 4.69) is 18.6 Å². The minimum atomic E-state index is -0.260. The third-order valence-electron chi connectivity index (χ3n) is 1.99. The monoisotopic (exact) mass is 212 g/mol. The molecule has 1 aromatic rings. The Morgan fingerprint density at radius 3 is 2.27 bits per heavy atom. The van der Waals surface area contributed by atoms with Crippen molar-refractivity contribution in [1.29, 1.82) is 0 Å². The predicted molar refractivity (Wildman–Crippen MR) is 58.9 cm³/mol. The Balaban J connectivity index is 0.000000921. The lowest BCUT2D eigenvalue weighted by molar-refractivity contribution is 0.0599. The fourth-order valence-corrected chi connectivity index (χ4v) is 1.30. The number of rotatable bonds is 2. The van der Waals surface area contributed by atoms with E-state index in [-0.39, 0.29) is 5.97 Å². The summed E-state index contributed by atoms with van der Waals surface area (Å²) in [6.45, 7) is 4.11. The maximum absolute atomic E-state index is 11.3. The van der Waals surface area contributed by atoms with Gasteiger partial charge in [-0.05, 0) is 17.5 Å². The summed E-state index contributed by atoms with van der Waals surface area (Å²) >= 11 is 0. The molecule has 0 heterocycles. The van der Waals surface area contributed by atoms with Gasteiger partial charge in [-0.25, -0.2) is 4.79 Å². The normalized spacial score (nSPS) is 9.20. The molecule has 0 amide bonds. The number of hydrogen-bond donors (Lipinski definition) is 0. The van der Waals surface area contributed by atoms with Crippen molar-refractivity contribution in [2.45, 2.75) is 19.8 Å². The van der Waals surface area contributed by atoms with Gasteiger partial charge in [-0.3, -0.25) is 4.39 Å². The standard InChI is InChI=1S/C11H14O2.CH3F/c1-8(2)9-6-4-5-7-10(9)11(12)13-3;1-2/h4-8H,1-3H3;1H3. The van der Waals surface area contributed by atoms with Crippen LogP contribution in [0.3, 0.4) is 0 Å². The van der Waals surface area contributed by atoms with E-state index in [1.54, 1.807) is 6.07 Å². The van der Waals surface area contributed by atoms with E-state index < -0.39 is 0 Å². The molecule has 0 fully saturated rings. The molecule has 0 bridgehead atoms. The fourth-order valence-electron chi connectivity index (χ4n) is 1.30. The number of ether oxygens (including phenoxy) is 1. The summed E-state index contributed by atoms with van der Waals surface area (Å²) in [6.07, 6.45) is 0. The lowest BCUT2D eigenvalue weighted by atomic mass is 9.97. The topological polar surface area (TPSA) is 26.3 Å². The van der Waals surface area contributed by atoms with Crippen molar-refractivity contribution < 1.29 is 13.9 Å². The van der Waals surface area contributed by atoms with E-state index in [0.29, 0.717) is 18.7 Å². The van der Waals surface area contributed by atoms with Crippen LogP contribution < -0.4 is 0 Å². The number of methoxy groups -OCH3 is 1. The number of carbonyl (C=O) groups is 1. The summed E-state index contributed by atoms with van der Waals surface area (Å²) in [5, 5.41) is 0. The average Bonchev–Trinajstić information content (AvgIpc) is 2.30. The molecule has 0 aliphatic rings. The largest absolute Gasteiger partial charge is 0.465 e. The summed E-state index contributed by atoms with van der Waals surface area (Å²) < 4.78 is 14.2. The average molecular weight is 212 g/mol. The Bertz CT molecular complexity index is 308.